The van der Waals surface area contributed by atoms with Crippen LogP contribution in [0.3, 0.4) is 0 Å². The second-order valence-corrected chi connectivity index (χ2v) is 10.6. The molecule has 7 nitrogen and oxygen atoms in total. The highest BCUT2D eigenvalue weighted by molar-refractivity contribution is 5.97. The second kappa shape index (κ2) is 10.4. The molecule has 3 heterocycles. The Hall–Kier alpha value is -2.59. The quantitative estimate of drug-likeness (QED) is 0.560. The van der Waals surface area contributed by atoms with E-state index in [-0.39, 0.29) is 41.2 Å². The van der Waals surface area contributed by atoms with Gasteiger partial charge in [0, 0.05) is 24.3 Å². The van der Waals surface area contributed by atoms with E-state index in [4.69, 9.17) is 13.9 Å². The van der Waals surface area contributed by atoms with Gasteiger partial charge in [0.05, 0.1) is 23.8 Å². The van der Waals surface area contributed by atoms with Crippen LogP contribution >= 0.6 is 0 Å². The van der Waals surface area contributed by atoms with Crippen LogP contribution in [0.2, 0.25) is 0 Å². The smallest absolute Gasteiger partial charge is 0.416 e. The highest BCUT2D eigenvalue weighted by atomic mass is 19.4. The predicted molar refractivity (Wildman–Crippen MR) is 127 cm³/mol. The number of benzene rings is 1. The van der Waals surface area contributed by atoms with Crippen LogP contribution in [0, 0.1) is 0 Å². The van der Waals surface area contributed by atoms with Crippen LogP contribution in [0.15, 0.2) is 33.8 Å². The highest BCUT2D eigenvalue weighted by Gasteiger charge is 2.33. The van der Waals surface area contributed by atoms with Crippen molar-refractivity contribution in [2.24, 2.45) is 4.99 Å². The molecule has 0 aliphatic carbocycles. The zero-order chi connectivity index (χ0) is 26.1. The molecule has 36 heavy (non-hydrogen) atoms. The van der Waals surface area contributed by atoms with Crippen LogP contribution in [0.5, 0.6) is 5.75 Å². The molecule has 2 atom stereocenters. The second-order valence-electron chi connectivity index (χ2n) is 10.6. The minimum Gasteiger partial charge on any atom is -0.491 e. The molecule has 0 N–H and O–H groups in total. The molecule has 2 fully saturated rings. The van der Waals surface area contributed by atoms with Crippen LogP contribution in [0.25, 0.3) is 0 Å². The molecule has 2 saturated heterocycles. The molecule has 198 valence electrons. The van der Waals surface area contributed by atoms with Crippen LogP contribution < -0.4 is 10.4 Å². The van der Waals surface area contributed by atoms with Crippen molar-refractivity contribution in [2.75, 3.05) is 26.8 Å². The number of halogens is 3. The maximum atomic E-state index is 13.5. The third-order valence-electron chi connectivity index (χ3n) is 6.72. The number of amides is 1. The molecule has 2 aliphatic heterocycles. The fourth-order valence-corrected chi connectivity index (χ4v) is 4.47. The summed E-state index contributed by atoms with van der Waals surface area (Å²) < 4.78 is 59.6. The number of carbonyl (C=O) groups excluding carboxylic acids is 1. The molecule has 0 bridgehead atoms. The number of carbonyl (C=O) groups is 1. The molecule has 2 aliphatic rings. The lowest BCUT2D eigenvalue weighted by atomic mass is 9.94. The summed E-state index contributed by atoms with van der Waals surface area (Å²) in [4.78, 5) is 19.6. The molecule has 2 aromatic rings. The lowest BCUT2D eigenvalue weighted by Crippen LogP contribution is -2.31. The summed E-state index contributed by atoms with van der Waals surface area (Å²) in [7, 11) is 1.98. The lowest BCUT2D eigenvalue weighted by Gasteiger charge is -2.20. The molecule has 10 heteroatoms. The molecular weight excluding hydrogens is 475 g/mol. The molecule has 1 aromatic carbocycles. The number of hydrogen-bond donors (Lipinski definition) is 0. The number of aromatic nitrogens is 1. The normalized spacial score (nSPS) is 21.9. The van der Waals surface area contributed by atoms with Gasteiger partial charge in [0.15, 0.2) is 0 Å². The summed E-state index contributed by atoms with van der Waals surface area (Å²) in [5.74, 6) is -0.172. The van der Waals surface area contributed by atoms with Crippen molar-refractivity contribution >= 4 is 5.91 Å². The molecule has 0 radical (unpaired) electrons. The zero-order valence-corrected chi connectivity index (χ0v) is 21.2. The maximum Gasteiger partial charge on any atom is 0.416 e. The zero-order valence-electron chi connectivity index (χ0n) is 21.2. The summed E-state index contributed by atoms with van der Waals surface area (Å²) in [6.07, 6.45) is 0.907. The predicted octanol–water partition coefficient (Wildman–Crippen LogP) is 4.79. The Morgan fingerprint density at radius 2 is 1.97 bits per heavy atom. The first-order valence-electron chi connectivity index (χ1n) is 12.4. The van der Waals surface area contributed by atoms with E-state index in [1.54, 1.807) is 10.8 Å². The van der Waals surface area contributed by atoms with E-state index in [0.717, 1.165) is 44.4 Å². The Bertz CT molecular complexity index is 1140. The number of likely N-dealkylation sites (N-methyl/N-ethyl adjacent to an activating group) is 1. The van der Waals surface area contributed by atoms with Crippen LogP contribution in [-0.4, -0.2) is 54.3 Å². The van der Waals surface area contributed by atoms with Gasteiger partial charge in [-0.1, -0.05) is 20.8 Å². The molecule has 1 aromatic heterocycles. The first-order chi connectivity index (χ1) is 16.9. The van der Waals surface area contributed by atoms with Crippen molar-refractivity contribution in [1.82, 2.24) is 9.47 Å². The Balaban J connectivity index is 1.69. The van der Waals surface area contributed by atoms with Crippen LogP contribution in [-0.2, 0) is 22.9 Å². The van der Waals surface area contributed by atoms with Gasteiger partial charge in [0.2, 0.25) is 0 Å². The summed E-state index contributed by atoms with van der Waals surface area (Å²) in [5, 5.41) is 0. The van der Waals surface area contributed by atoms with Gasteiger partial charge in [0.1, 0.15) is 18.1 Å². The molecule has 0 spiro atoms. The van der Waals surface area contributed by atoms with Crippen molar-refractivity contribution in [3.05, 3.63) is 47.0 Å². The number of likely N-dealkylation sites (tertiary alicyclic amines) is 1. The van der Waals surface area contributed by atoms with Gasteiger partial charge in [-0.25, -0.2) is 0 Å². The van der Waals surface area contributed by atoms with Crippen molar-refractivity contribution in [3.63, 3.8) is 0 Å². The Morgan fingerprint density at radius 3 is 2.58 bits per heavy atom. The Morgan fingerprint density at radius 1 is 1.19 bits per heavy atom. The van der Waals surface area contributed by atoms with Crippen LogP contribution in [0.1, 0.15) is 68.1 Å². The van der Waals surface area contributed by atoms with Crippen LogP contribution in [0.4, 0.5) is 13.2 Å². The third-order valence-corrected chi connectivity index (χ3v) is 6.72. The Labute approximate surface area is 208 Å². The number of alkyl halides is 3. The van der Waals surface area contributed by atoms with Gasteiger partial charge in [-0.3, -0.25) is 9.36 Å². The minimum absolute atomic E-state index is 0.0271. The lowest BCUT2D eigenvalue weighted by molar-refractivity contribution is -0.137. The Kier molecular flexibility index (Phi) is 7.66. The summed E-state index contributed by atoms with van der Waals surface area (Å²) in [5.41, 5.74) is -1.51. The molecular formula is C26H34F3N3O4. The largest absolute Gasteiger partial charge is 0.491 e. The molecule has 4 rings (SSSR count). The maximum absolute atomic E-state index is 13.5. The fraction of sp³-hybridized carbons (Fsp3) is 0.615. The SMILES string of the molecule is CN1CCC[C@H]1COc1ccc(C(F)(F)F)cc1C(=O)N=c1oc(C(C)(C)C)cn1C[C@H]1CCCO1. The van der Waals surface area contributed by atoms with E-state index in [2.05, 4.69) is 9.89 Å². The van der Waals surface area contributed by atoms with Gasteiger partial charge in [-0.2, -0.15) is 18.2 Å². The van der Waals surface area contributed by atoms with E-state index < -0.39 is 17.6 Å². The van der Waals surface area contributed by atoms with Gasteiger partial charge in [-0.15, -0.1) is 0 Å². The summed E-state index contributed by atoms with van der Waals surface area (Å²) in [6, 6.07) is 3.06. The van der Waals surface area contributed by atoms with E-state index in [1.807, 2.05) is 27.8 Å². The van der Waals surface area contributed by atoms with Crippen molar-refractivity contribution in [1.29, 1.82) is 0 Å². The highest BCUT2D eigenvalue weighted by Crippen LogP contribution is 2.33. The number of nitrogens with zero attached hydrogens (tertiary/aromatic N) is 3. The average Bonchev–Trinajstić information content (AvgIpc) is 3.54. The van der Waals surface area contributed by atoms with E-state index >= 15 is 0 Å². The first kappa shape index (κ1) is 26.5. The number of ether oxygens (including phenoxy) is 2. The average molecular weight is 510 g/mol. The fourth-order valence-electron chi connectivity index (χ4n) is 4.47. The van der Waals surface area contributed by atoms with Gasteiger partial charge in [-0.05, 0) is 57.5 Å². The third kappa shape index (κ3) is 6.21. The number of oxazole rings is 1. The van der Waals surface area contributed by atoms with E-state index in [0.29, 0.717) is 18.9 Å². The monoisotopic (exact) mass is 509 g/mol. The van der Waals surface area contributed by atoms with Gasteiger partial charge in [0.25, 0.3) is 5.91 Å². The summed E-state index contributed by atoms with van der Waals surface area (Å²) >= 11 is 0. The van der Waals surface area contributed by atoms with Gasteiger partial charge >= 0.3 is 11.9 Å². The molecule has 1 amide bonds. The summed E-state index contributed by atoms with van der Waals surface area (Å²) in [6.45, 7) is 8.21. The van der Waals surface area contributed by atoms with Crippen molar-refractivity contribution in [2.45, 2.75) is 76.7 Å². The van der Waals surface area contributed by atoms with E-state index in [1.165, 1.54) is 6.07 Å². The first-order valence-corrected chi connectivity index (χ1v) is 12.4. The number of rotatable bonds is 6. The topological polar surface area (TPSA) is 69.2 Å². The number of hydrogen-bond acceptors (Lipinski definition) is 5. The minimum atomic E-state index is -4.61. The molecule has 0 saturated carbocycles. The van der Waals surface area contributed by atoms with Gasteiger partial charge < -0.3 is 18.8 Å². The standard InChI is InChI=1S/C26H34F3N3O4/c1-25(2,3)22-15-32(14-19-8-6-12-34-19)24(36-22)30-23(33)20-13-17(26(27,28)29)9-10-21(20)35-16-18-7-5-11-31(18)4/h9-10,13,15,18-19H,5-8,11-12,14,16H2,1-4H3/t18-,19+/m0/s1. The van der Waals surface area contributed by atoms with E-state index in [9.17, 15) is 18.0 Å². The molecule has 0 unspecified atom stereocenters. The van der Waals surface area contributed by atoms with Crippen molar-refractivity contribution < 1.29 is 31.9 Å². The van der Waals surface area contributed by atoms with Crippen molar-refractivity contribution in [3.8, 4) is 5.75 Å².